The highest BCUT2D eigenvalue weighted by Gasteiger charge is 2.38. The average molecular weight is 204 g/mol. The van der Waals surface area contributed by atoms with Gasteiger partial charge in [-0.25, -0.2) is 0 Å². The van der Waals surface area contributed by atoms with Crippen molar-refractivity contribution in [2.24, 2.45) is 0 Å². The Bertz CT molecular complexity index is 389. The number of carbonyl (C=O) groups excluding carboxylic acids is 2. The molecule has 1 unspecified atom stereocenters. The van der Waals surface area contributed by atoms with Crippen LogP contribution < -0.4 is 0 Å². The highest BCUT2D eigenvalue weighted by molar-refractivity contribution is 6.06. The highest BCUT2D eigenvalue weighted by Crippen LogP contribution is 2.28. The SMILES string of the molecule is CCN1C(=O)CC(c2ccncc2)C1=O. The van der Waals surface area contributed by atoms with Crippen LogP contribution in [0.3, 0.4) is 0 Å². The van der Waals surface area contributed by atoms with Gasteiger partial charge in [0.1, 0.15) is 0 Å². The predicted molar refractivity (Wildman–Crippen MR) is 54.0 cm³/mol. The number of likely N-dealkylation sites (tertiary alicyclic amines) is 1. The Balaban J connectivity index is 2.27. The van der Waals surface area contributed by atoms with Crippen LogP contribution in [0.25, 0.3) is 0 Å². The molecule has 1 aromatic rings. The number of aromatic nitrogens is 1. The average Bonchev–Trinajstić information content (AvgIpc) is 2.55. The molecule has 1 fully saturated rings. The molecule has 4 nitrogen and oxygen atoms in total. The van der Waals surface area contributed by atoms with Gasteiger partial charge in [-0.3, -0.25) is 19.5 Å². The molecule has 0 aliphatic carbocycles. The summed E-state index contributed by atoms with van der Waals surface area (Å²) >= 11 is 0. The number of likely N-dealkylation sites (N-methyl/N-ethyl adjacent to an activating group) is 1. The molecule has 0 N–H and O–H groups in total. The lowest BCUT2D eigenvalue weighted by Crippen LogP contribution is -2.29. The summed E-state index contributed by atoms with van der Waals surface area (Å²) in [5.74, 6) is -0.474. The fourth-order valence-electron chi connectivity index (χ4n) is 1.87. The second kappa shape index (κ2) is 3.81. The van der Waals surface area contributed by atoms with Crippen molar-refractivity contribution in [1.29, 1.82) is 0 Å². The van der Waals surface area contributed by atoms with Gasteiger partial charge >= 0.3 is 0 Å². The Hall–Kier alpha value is -1.71. The van der Waals surface area contributed by atoms with Gasteiger partial charge in [0.2, 0.25) is 11.8 Å². The monoisotopic (exact) mass is 204 g/mol. The van der Waals surface area contributed by atoms with E-state index in [1.807, 2.05) is 6.92 Å². The molecule has 0 spiro atoms. The van der Waals surface area contributed by atoms with Crippen molar-refractivity contribution >= 4 is 11.8 Å². The van der Waals surface area contributed by atoms with E-state index in [2.05, 4.69) is 4.98 Å². The molecular weight excluding hydrogens is 192 g/mol. The van der Waals surface area contributed by atoms with Gasteiger partial charge in [-0.2, -0.15) is 0 Å². The van der Waals surface area contributed by atoms with Crippen LogP contribution in [0.4, 0.5) is 0 Å². The number of hydrogen-bond donors (Lipinski definition) is 0. The van der Waals surface area contributed by atoms with E-state index in [0.29, 0.717) is 6.54 Å². The lowest BCUT2D eigenvalue weighted by molar-refractivity contribution is -0.138. The lowest BCUT2D eigenvalue weighted by Gasteiger charge is -2.11. The summed E-state index contributed by atoms with van der Waals surface area (Å²) in [6.45, 7) is 2.27. The first kappa shape index (κ1) is 9.83. The number of hydrogen-bond acceptors (Lipinski definition) is 3. The van der Waals surface area contributed by atoms with E-state index in [-0.39, 0.29) is 24.2 Å². The van der Waals surface area contributed by atoms with Gasteiger partial charge in [0, 0.05) is 25.4 Å². The molecule has 0 aromatic carbocycles. The van der Waals surface area contributed by atoms with Crippen LogP contribution >= 0.6 is 0 Å². The van der Waals surface area contributed by atoms with Crippen LogP contribution in [-0.4, -0.2) is 28.2 Å². The third kappa shape index (κ3) is 1.63. The summed E-state index contributed by atoms with van der Waals surface area (Å²) < 4.78 is 0. The minimum absolute atomic E-state index is 0.0793. The number of carbonyl (C=O) groups is 2. The first-order valence-corrected chi connectivity index (χ1v) is 4.98. The summed E-state index contributed by atoms with van der Waals surface area (Å²) in [5.41, 5.74) is 0.874. The molecule has 1 atom stereocenters. The Morgan fingerprint density at radius 2 is 2.07 bits per heavy atom. The van der Waals surface area contributed by atoms with Crippen LogP contribution in [0.2, 0.25) is 0 Å². The van der Waals surface area contributed by atoms with E-state index in [0.717, 1.165) is 5.56 Å². The second-order valence-electron chi connectivity index (χ2n) is 3.51. The van der Waals surface area contributed by atoms with Crippen molar-refractivity contribution in [1.82, 2.24) is 9.88 Å². The summed E-state index contributed by atoms with van der Waals surface area (Å²) in [7, 11) is 0. The van der Waals surface area contributed by atoms with Crippen LogP contribution in [0, 0.1) is 0 Å². The molecule has 1 aromatic heterocycles. The molecule has 1 saturated heterocycles. The smallest absolute Gasteiger partial charge is 0.237 e. The fraction of sp³-hybridized carbons (Fsp3) is 0.364. The zero-order valence-electron chi connectivity index (χ0n) is 8.51. The van der Waals surface area contributed by atoms with Gasteiger partial charge in [-0.1, -0.05) is 0 Å². The molecule has 4 heteroatoms. The highest BCUT2D eigenvalue weighted by atomic mass is 16.2. The standard InChI is InChI=1S/C11H12N2O2/c1-2-13-10(14)7-9(11(13)15)8-3-5-12-6-4-8/h3-6,9H,2,7H2,1H3. The molecule has 2 amide bonds. The Kier molecular flexibility index (Phi) is 2.49. The summed E-state index contributed by atoms with van der Waals surface area (Å²) in [5, 5.41) is 0. The third-order valence-electron chi connectivity index (χ3n) is 2.67. The number of pyridine rings is 1. The van der Waals surface area contributed by atoms with Crippen molar-refractivity contribution in [3.05, 3.63) is 30.1 Å². The fourth-order valence-corrected chi connectivity index (χ4v) is 1.87. The van der Waals surface area contributed by atoms with Gasteiger partial charge < -0.3 is 0 Å². The molecule has 0 saturated carbocycles. The van der Waals surface area contributed by atoms with Gasteiger partial charge in [-0.15, -0.1) is 0 Å². The molecule has 2 rings (SSSR count). The van der Waals surface area contributed by atoms with Crippen LogP contribution in [0.5, 0.6) is 0 Å². The van der Waals surface area contributed by atoms with Crippen molar-refractivity contribution in [2.45, 2.75) is 19.3 Å². The molecule has 1 aliphatic heterocycles. The molecule has 0 radical (unpaired) electrons. The van der Waals surface area contributed by atoms with Crippen molar-refractivity contribution < 1.29 is 9.59 Å². The Morgan fingerprint density at radius 3 is 2.60 bits per heavy atom. The first-order valence-electron chi connectivity index (χ1n) is 4.98. The molecular formula is C11H12N2O2. The molecule has 15 heavy (non-hydrogen) atoms. The number of imide groups is 1. The van der Waals surface area contributed by atoms with Crippen LogP contribution in [-0.2, 0) is 9.59 Å². The van der Waals surface area contributed by atoms with Crippen LogP contribution in [0.1, 0.15) is 24.8 Å². The minimum Gasteiger partial charge on any atom is -0.282 e. The molecule has 0 bridgehead atoms. The normalized spacial score (nSPS) is 21.1. The number of rotatable bonds is 2. The number of amides is 2. The van der Waals surface area contributed by atoms with E-state index in [9.17, 15) is 9.59 Å². The quantitative estimate of drug-likeness (QED) is 0.674. The summed E-state index contributed by atoms with van der Waals surface area (Å²) in [6.07, 6.45) is 3.57. The summed E-state index contributed by atoms with van der Waals surface area (Å²) in [6, 6.07) is 3.57. The molecule has 1 aliphatic rings. The van der Waals surface area contributed by atoms with E-state index in [4.69, 9.17) is 0 Å². The summed E-state index contributed by atoms with van der Waals surface area (Å²) in [4.78, 5) is 28.5. The van der Waals surface area contributed by atoms with Crippen molar-refractivity contribution in [3.8, 4) is 0 Å². The van der Waals surface area contributed by atoms with Crippen LogP contribution in [0.15, 0.2) is 24.5 Å². The van der Waals surface area contributed by atoms with E-state index < -0.39 is 0 Å². The minimum atomic E-state index is -0.305. The maximum atomic E-state index is 11.8. The lowest BCUT2D eigenvalue weighted by atomic mass is 9.99. The zero-order chi connectivity index (χ0) is 10.8. The first-order chi connectivity index (χ1) is 7.24. The van der Waals surface area contributed by atoms with Crippen molar-refractivity contribution in [2.75, 3.05) is 6.54 Å². The Labute approximate surface area is 87.9 Å². The third-order valence-corrected chi connectivity index (χ3v) is 2.67. The van der Waals surface area contributed by atoms with Gasteiger partial charge in [0.05, 0.1) is 5.92 Å². The van der Waals surface area contributed by atoms with E-state index in [1.54, 1.807) is 24.5 Å². The van der Waals surface area contributed by atoms with Gasteiger partial charge in [0.15, 0.2) is 0 Å². The molecule has 78 valence electrons. The zero-order valence-corrected chi connectivity index (χ0v) is 8.51. The second-order valence-corrected chi connectivity index (χ2v) is 3.51. The maximum absolute atomic E-state index is 11.8. The topological polar surface area (TPSA) is 50.3 Å². The number of nitrogens with zero attached hydrogens (tertiary/aromatic N) is 2. The van der Waals surface area contributed by atoms with Gasteiger partial charge in [0.25, 0.3) is 0 Å². The Morgan fingerprint density at radius 1 is 1.40 bits per heavy atom. The largest absolute Gasteiger partial charge is 0.282 e. The van der Waals surface area contributed by atoms with Crippen molar-refractivity contribution in [3.63, 3.8) is 0 Å². The molecule has 2 heterocycles. The van der Waals surface area contributed by atoms with E-state index >= 15 is 0 Å². The van der Waals surface area contributed by atoms with Gasteiger partial charge in [-0.05, 0) is 24.6 Å². The predicted octanol–water partition coefficient (Wildman–Crippen LogP) is 0.944. The van der Waals surface area contributed by atoms with E-state index in [1.165, 1.54) is 4.90 Å². The maximum Gasteiger partial charge on any atom is 0.237 e.